The Hall–Kier alpha value is -1.58. The van der Waals surface area contributed by atoms with Crippen LogP contribution in [0.4, 0.5) is 0 Å². The van der Waals surface area contributed by atoms with Gasteiger partial charge in [-0.3, -0.25) is 4.79 Å². The van der Waals surface area contributed by atoms with Gasteiger partial charge in [0.1, 0.15) is 0 Å². The van der Waals surface area contributed by atoms with Gasteiger partial charge in [-0.1, -0.05) is 13.0 Å². The second-order valence-electron chi connectivity index (χ2n) is 5.10. The Balaban J connectivity index is 2.31. The first-order chi connectivity index (χ1) is 9.07. The summed E-state index contributed by atoms with van der Waals surface area (Å²) in [6.45, 7) is 4.16. The number of hydrogen-bond donors (Lipinski definition) is 0. The quantitative estimate of drug-likeness (QED) is 0.445. The Bertz CT molecular complexity index is 437. The molecule has 1 fully saturated rings. The second kappa shape index (κ2) is 5.19. The normalized spacial score (nSPS) is 33.3. The van der Waals surface area contributed by atoms with Crippen LogP contribution in [0.1, 0.15) is 39.5 Å². The number of rotatable bonds is 4. The van der Waals surface area contributed by atoms with Crippen molar-refractivity contribution in [2.45, 2.75) is 45.1 Å². The minimum atomic E-state index is -0.774. The van der Waals surface area contributed by atoms with Crippen LogP contribution in [0.3, 0.4) is 0 Å². The lowest BCUT2D eigenvalue weighted by molar-refractivity contribution is -0.144. The van der Waals surface area contributed by atoms with Crippen LogP contribution in [0.25, 0.3) is 0 Å². The van der Waals surface area contributed by atoms with Gasteiger partial charge in [0.25, 0.3) is 0 Å². The van der Waals surface area contributed by atoms with Gasteiger partial charge in [0.2, 0.25) is 0 Å². The smallest absolute Gasteiger partial charge is 0.330 e. The zero-order valence-corrected chi connectivity index (χ0v) is 11.5. The molecule has 0 aromatic heterocycles. The van der Waals surface area contributed by atoms with Crippen molar-refractivity contribution < 1.29 is 19.1 Å². The SMILES string of the molecule is CCOC(=O)/C=C/[C@]12C=CCC[C@@]1(CC)CC(=O)O2. The fourth-order valence-electron chi connectivity index (χ4n) is 3.09. The Morgan fingerprint density at radius 2 is 2.32 bits per heavy atom. The van der Waals surface area contributed by atoms with Crippen molar-refractivity contribution in [3.05, 3.63) is 24.3 Å². The summed E-state index contributed by atoms with van der Waals surface area (Å²) in [4.78, 5) is 23.2. The van der Waals surface area contributed by atoms with E-state index in [1.807, 2.05) is 12.2 Å². The summed E-state index contributed by atoms with van der Waals surface area (Å²) in [7, 11) is 0. The van der Waals surface area contributed by atoms with Crippen LogP contribution >= 0.6 is 0 Å². The molecule has 1 aliphatic carbocycles. The highest BCUT2D eigenvalue weighted by atomic mass is 16.6. The molecule has 0 amide bonds. The van der Waals surface area contributed by atoms with E-state index in [4.69, 9.17) is 9.47 Å². The van der Waals surface area contributed by atoms with Crippen LogP contribution in [0.5, 0.6) is 0 Å². The Labute approximate surface area is 113 Å². The van der Waals surface area contributed by atoms with Crippen molar-refractivity contribution in [1.29, 1.82) is 0 Å². The second-order valence-corrected chi connectivity index (χ2v) is 5.10. The number of fused-ring (bicyclic) bond motifs is 1. The zero-order valence-electron chi connectivity index (χ0n) is 11.5. The minimum absolute atomic E-state index is 0.193. The minimum Gasteiger partial charge on any atom is -0.463 e. The average Bonchev–Trinajstić information content (AvgIpc) is 2.69. The maximum absolute atomic E-state index is 11.7. The topological polar surface area (TPSA) is 52.6 Å². The first-order valence-corrected chi connectivity index (χ1v) is 6.83. The Kier molecular flexibility index (Phi) is 3.78. The molecule has 4 heteroatoms. The predicted octanol–water partition coefficient (Wildman–Crippen LogP) is 2.54. The fraction of sp³-hybridized carbons (Fsp3) is 0.600. The molecular formula is C15H20O4. The molecule has 0 N–H and O–H groups in total. The van der Waals surface area contributed by atoms with Gasteiger partial charge in [-0.15, -0.1) is 0 Å². The molecule has 0 radical (unpaired) electrons. The van der Waals surface area contributed by atoms with E-state index in [9.17, 15) is 9.59 Å². The maximum Gasteiger partial charge on any atom is 0.330 e. The molecule has 2 rings (SSSR count). The molecule has 1 saturated heterocycles. The van der Waals surface area contributed by atoms with Gasteiger partial charge in [-0.2, -0.15) is 0 Å². The highest BCUT2D eigenvalue weighted by Crippen LogP contribution is 2.54. The van der Waals surface area contributed by atoms with Crippen molar-refractivity contribution in [2.75, 3.05) is 6.61 Å². The van der Waals surface area contributed by atoms with Gasteiger partial charge in [-0.05, 0) is 38.3 Å². The van der Waals surface area contributed by atoms with E-state index in [1.54, 1.807) is 13.0 Å². The van der Waals surface area contributed by atoms with Crippen LogP contribution in [0.15, 0.2) is 24.3 Å². The lowest BCUT2D eigenvalue weighted by atomic mass is 9.64. The van der Waals surface area contributed by atoms with Gasteiger partial charge in [0, 0.05) is 11.5 Å². The van der Waals surface area contributed by atoms with E-state index in [2.05, 4.69) is 6.92 Å². The van der Waals surface area contributed by atoms with Gasteiger partial charge in [0.05, 0.1) is 13.0 Å². The summed E-state index contributed by atoms with van der Waals surface area (Å²) in [6, 6.07) is 0. The van der Waals surface area contributed by atoms with Crippen molar-refractivity contribution >= 4 is 11.9 Å². The number of ether oxygens (including phenoxy) is 2. The van der Waals surface area contributed by atoms with E-state index in [-0.39, 0.29) is 11.4 Å². The van der Waals surface area contributed by atoms with E-state index >= 15 is 0 Å². The lowest BCUT2D eigenvalue weighted by Crippen LogP contribution is -2.43. The first kappa shape index (κ1) is 13.8. The average molecular weight is 264 g/mol. The summed E-state index contributed by atoms with van der Waals surface area (Å²) in [5, 5.41) is 0. The Morgan fingerprint density at radius 1 is 1.53 bits per heavy atom. The lowest BCUT2D eigenvalue weighted by Gasteiger charge is -2.41. The van der Waals surface area contributed by atoms with Gasteiger partial charge < -0.3 is 9.47 Å². The fourth-order valence-corrected chi connectivity index (χ4v) is 3.09. The summed E-state index contributed by atoms with van der Waals surface area (Å²) in [6.07, 6.45) is 10.1. The molecule has 1 heterocycles. The van der Waals surface area contributed by atoms with Crippen molar-refractivity contribution in [3.8, 4) is 0 Å². The molecule has 0 unspecified atom stereocenters. The van der Waals surface area contributed by atoms with Crippen molar-refractivity contribution in [3.63, 3.8) is 0 Å². The van der Waals surface area contributed by atoms with Gasteiger partial charge in [0.15, 0.2) is 5.60 Å². The number of hydrogen-bond acceptors (Lipinski definition) is 4. The third kappa shape index (κ3) is 2.31. The number of allylic oxidation sites excluding steroid dienone is 1. The summed E-state index contributed by atoms with van der Waals surface area (Å²) >= 11 is 0. The number of esters is 2. The molecule has 2 atom stereocenters. The molecule has 0 saturated carbocycles. The van der Waals surface area contributed by atoms with Crippen LogP contribution in [-0.2, 0) is 19.1 Å². The predicted molar refractivity (Wildman–Crippen MR) is 70.3 cm³/mol. The van der Waals surface area contributed by atoms with Crippen LogP contribution in [0, 0.1) is 5.41 Å². The molecule has 1 aliphatic heterocycles. The largest absolute Gasteiger partial charge is 0.463 e. The third-order valence-electron chi connectivity index (χ3n) is 4.18. The molecule has 0 bridgehead atoms. The summed E-state index contributed by atoms with van der Waals surface area (Å²) < 4.78 is 10.4. The van der Waals surface area contributed by atoms with E-state index in [1.165, 1.54) is 6.08 Å². The van der Waals surface area contributed by atoms with Crippen LogP contribution in [-0.4, -0.2) is 24.1 Å². The molecular weight excluding hydrogens is 244 g/mol. The van der Waals surface area contributed by atoms with E-state index in [0.29, 0.717) is 13.0 Å². The first-order valence-electron chi connectivity index (χ1n) is 6.83. The molecule has 2 aliphatic rings. The highest BCUT2D eigenvalue weighted by Gasteiger charge is 2.57. The van der Waals surface area contributed by atoms with Crippen molar-refractivity contribution in [2.24, 2.45) is 5.41 Å². The molecule has 4 nitrogen and oxygen atoms in total. The molecule has 0 aromatic carbocycles. The van der Waals surface area contributed by atoms with Crippen LogP contribution in [0.2, 0.25) is 0 Å². The van der Waals surface area contributed by atoms with Crippen molar-refractivity contribution in [1.82, 2.24) is 0 Å². The zero-order chi connectivity index (χ0) is 13.9. The molecule has 0 spiro atoms. The number of carbonyl (C=O) groups is 2. The van der Waals surface area contributed by atoms with Gasteiger partial charge >= 0.3 is 11.9 Å². The van der Waals surface area contributed by atoms with E-state index in [0.717, 1.165) is 19.3 Å². The Morgan fingerprint density at radius 3 is 3.00 bits per heavy atom. The molecule has 0 aromatic rings. The molecule has 19 heavy (non-hydrogen) atoms. The van der Waals surface area contributed by atoms with Crippen LogP contribution < -0.4 is 0 Å². The highest BCUT2D eigenvalue weighted by molar-refractivity contribution is 5.83. The standard InChI is InChI=1S/C15H20O4/c1-3-14-8-5-6-9-15(14,19-13(17)11-14)10-7-12(16)18-4-2/h6-7,9-10H,3-5,8,11H2,1-2H3/b10-7+/t14-,15+/m0/s1. The third-order valence-corrected chi connectivity index (χ3v) is 4.18. The summed E-state index contributed by atoms with van der Waals surface area (Å²) in [5.41, 5.74) is -0.994. The van der Waals surface area contributed by atoms with Gasteiger partial charge in [-0.25, -0.2) is 4.79 Å². The van der Waals surface area contributed by atoms with E-state index < -0.39 is 11.6 Å². The monoisotopic (exact) mass is 264 g/mol. The summed E-state index contributed by atoms with van der Waals surface area (Å²) in [5.74, 6) is -0.592. The number of carbonyl (C=O) groups excluding carboxylic acids is 2. The molecule has 104 valence electrons. The maximum atomic E-state index is 11.7.